The molecule has 0 bridgehead atoms. The second kappa shape index (κ2) is 6.21. The first-order valence-electron chi connectivity index (χ1n) is 6.23. The highest BCUT2D eigenvalue weighted by Crippen LogP contribution is 2.24. The van der Waals surface area contributed by atoms with E-state index in [0.29, 0.717) is 24.0 Å². The van der Waals surface area contributed by atoms with Gasteiger partial charge in [-0.3, -0.25) is 0 Å². The third kappa shape index (κ3) is 3.24. The van der Waals surface area contributed by atoms with E-state index >= 15 is 0 Å². The van der Waals surface area contributed by atoms with Crippen LogP contribution in [0.3, 0.4) is 0 Å². The molecule has 0 saturated carbocycles. The molecule has 0 aromatic heterocycles. The molecule has 1 heterocycles. The standard InChI is InChI=1S/C14H17BrN2O/c1-17-7-3-2-4-13(17)10-18-14-8-12(15)6-5-11(14)9-16/h5-6,8,13H,2-4,7,10H2,1H3. The second-order valence-corrected chi connectivity index (χ2v) is 5.61. The molecule has 0 radical (unpaired) electrons. The van der Waals surface area contributed by atoms with Gasteiger partial charge in [0, 0.05) is 10.5 Å². The van der Waals surface area contributed by atoms with Crippen LogP contribution >= 0.6 is 15.9 Å². The fourth-order valence-corrected chi connectivity index (χ4v) is 2.59. The van der Waals surface area contributed by atoms with Crippen molar-refractivity contribution in [1.82, 2.24) is 4.90 Å². The number of halogens is 1. The molecule has 0 spiro atoms. The van der Waals surface area contributed by atoms with Crippen molar-refractivity contribution >= 4 is 15.9 Å². The molecule has 1 aliphatic rings. The van der Waals surface area contributed by atoms with Crippen molar-refractivity contribution in [2.45, 2.75) is 25.3 Å². The number of rotatable bonds is 3. The fraction of sp³-hybridized carbons (Fsp3) is 0.500. The van der Waals surface area contributed by atoms with E-state index in [-0.39, 0.29) is 0 Å². The van der Waals surface area contributed by atoms with Gasteiger partial charge in [0.2, 0.25) is 0 Å². The number of nitrogens with zero attached hydrogens (tertiary/aromatic N) is 2. The molecule has 1 aromatic carbocycles. The number of likely N-dealkylation sites (N-methyl/N-ethyl adjacent to an activating group) is 1. The van der Waals surface area contributed by atoms with Crippen molar-refractivity contribution in [2.75, 3.05) is 20.2 Å². The van der Waals surface area contributed by atoms with Crippen LogP contribution in [0.2, 0.25) is 0 Å². The molecule has 2 rings (SSSR count). The first-order valence-corrected chi connectivity index (χ1v) is 7.02. The van der Waals surface area contributed by atoms with Gasteiger partial charge >= 0.3 is 0 Å². The summed E-state index contributed by atoms with van der Waals surface area (Å²) in [5, 5.41) is 9.04. The van der Waals surface area contributed by atoms with Crippen molar-refractivity contribution in [3.05, 3.63) is 28.2 Å². The molecule has 1 saturated heterocycles. The summed E-state index contributed by atoms with van der Waals surface area (Å²) in [6.45, 7) is 1.79. The van der Waals surface area contributed by atoms with Crippen LogP contribution in [0.25, 0.3) is 0 Å². The molecule has 0 aliphatic carbocycles. The van der Waals surface area contributed by atoms with Gasteiger partial charge in [-0.15, -0.1) is 0 Å². The summed E-state index contributed by atoms with van der Waals surface area (Å²) >= 11 is 3.40. The summed E-state index contributed by atoms with van der Waals surface area (Å²) in [5.41, 5.74) is 0.594. The molecule has 0 N–H and O–H groups in total. The maximum absolute atomic E-state index is 9.04. The lowest BCUT2D eigenvalue weighted by Crippen LogP contribution is -2.40. The van der Waals surface area contributed by atoms with Gasteiger partial charge in [0.05, 0.1) is 5.56 Å². The van der Waals surface area contributed by atoms with Gasteiger partial charge in [-0.1, -0.05) is 22.4 Å². The first-order chi connectivity index (χ1) is 8.70. The molecular formula is C14H17BrN2O. The number of piperidine rings is 1. The molecule has 1 unspecified atom stereocenters. The number of benzene rings is 1. The average molecular weight is 309 g/mol. The maximum Gasteiger partial charge on any atom is 0.138 e. The minimum absolute atomic E-state index is 0.462. The molecule has 1 atom stereocenters. The van der Waals surface area contributed by atoms with Crippen molar-refractivity contribution < 1.29 is 4.74 Å². The predicted octanol–water partition coefficient (Wildman–Crippen LogP) is 3.18. The smallest absolute Gasteiger partial charge is 0.138 e. The van der Waals surface area contributed by atoms with E-state index in [1.165, 1.54) is 19.3 Å². The zero-order valence-corrected chi connectivity index (χ0v) is 12.1. The van der Waals surface area contributed by atoms with Crippen LogP contribution < -0.4 is 4.74 Å². The van der Waals surface area contributed by atoms with E-state index < -0.39 is 0 Å². The lowest BCUT2D eigenvalue weighted by atomic mass is 10.0. The Balaban J connectivity index is 2.01. The summed E-state index contributed by atoms with van der Waals surface area (Å²) in [6, 6.07) is 8.13. The lowest BCUT2D eigenvalue weighted by molar-refractivity contribution is 0.125. The quantitative estimate of drug-likeness (QED) is 0.860. The van der Waals surface area contributed by atoms with E-state index in [4.69, 9.17) is 10.00 Å². The Morgan fingerprint density at radius 3 is 3.06 bits per heavy atom. The van der Waals surface area contributed by atoms with Gasteiger partial charge in [0.15, 0.2) is 0 Å². The summed E-state index contributed by atoms with van der Waals surface area (Å²) in [5.74, 6) is 0.672. The van der Waals surface area contributed by atoms with E-state index in [0.717, 1.165) is 11.0 Å². The van der Waals surface area contributed by atoms with Crippen molar-refractivity contribution in [3.63, 3.8) is 0 Å². The summed E-state index contributed by atoms with van der Waals surface area (Å²) < 4.78 is 6.76. The highest BCUT2D eigenvalue weighted by Gasteiger charge is 2.19. The highest BCUT2D eigenvalue weighted by atomic mass is 79.9. The zero-order valence-electron chi connectivity index (χ0n) is 10.5. The minimum Gasteiger partial charge on any atom is -0.491 e. The van der Waals surface area contributed by atoms with E-state index in [1.807, 2.05) is 12.1 Å². The van der Waals surface area contributed by atoms with Crippen molar-refractivity contribution in [1.29, 1.82) is 5.26 Å². The molecule has 1 aliphatic heterocycles. The number of hydrogen-bond acceptors (Lipinski definition) is 3. The van der Waals surface area contributed by atoms with E-state index in [9.17, 15) is 0 Å². The number of nitriles is 1. The third-order valence-electron chi connectivity index (χ3n) is 3.42. The molecule has 96 valence electrons. The van der Waals surface area contributed by atoms with E-state index in [2.05, 4.69) is 33.9 Å². The highest BCUT2D eigenvalue weighted by molar-refractivity contribution is 9.10. The number of hydrogen-bond donors (Lipinski definition) is 0. The Bertz CT molecular complexity index is 456. The Morgan fingerprint density at radius 1 is 1.50 bits per heavy atom. The molecule has 18 heavy (non-hydrogen) atoms. The number of likely N-dealkylation sites (tertiary alicyclic amines) is 1. The summed E-state index contributed by atoms with van der Waals surface area (Å²) in [6.07, 6.45) is 3.71. The molecule has 1 aromatic rings. The Labute approximate surface area is 116 Å². The van der Waals surface area contributed by atoms with Gasteiger partial charge in [-0.25, -0.2) is 0 Å². The predicted molar refractivity (Wildman–Crippen MR) is 74.6 cm³/mol. The van der Waals surface area contributed by atoms with Crippen LogP contribution in [0, 0.1) is 11.3 Å². The molecule has 4 heteroatoms. The van der Waals surface area contributed by atoms with Gasteiger partial charge in [0.25, 0.3) is 0 Å². The van der Waals surface area contributed by atoms with Crippen molar-refractivity contribution in [2.24, 2.45) is 0 Å². The largest absolute Gasteiger partial charge is 0.491 e. The summed E-state index contributed by atoms with van der Waals surface area (Å²) in [7, 11) is 2.14. The molecular weight excluding hydrogens is 292 g/mol. The van der Waals surface area contributed by atoms with Crippen LogP contribution in [-0.2, 0) is 0 Å². The minimum atomic E-state index is 0.462. The Morgan fingerprint density at radius 2 is 2.33 bits per heavy atom. The third-order valence-corrected chi connectivity index (χ3v) is 3.91. The Hall–Kier alpha value is -1.05. The van der Waals surface area contributed by atoms with Gasteiger partial charge < -0.3 is 9.64 Å². The average Bonchev–Trinajstić information content (AvgIpc) is 2.38. The van der Waals surface area contributed by atoms with Crippen molar-refractivity contribution in [3.8, 4) is 11.8 Å². The second-order valence-electron chi connectivity index (χ2n) is 4.69. The van der Waals surface area contributed by atoms with Crippen LogP contribution in [0.15, 0.2) is 22.7 Å². The number of ether oxygens (including phenoxy) is 1. The van der Waals surface area contributed by atoms with Gasteiger partial charge in [-0.2, -0.15) is 5.26 Å². The van der Waals surface area contributed by atoms with Crippen LogP contribution in [0.1, 0.15) is 24.8 Å². The normalized spacial score (nSPS) is 20.4. The Kier molecular flexibility index (Phi) is 4.62. The fourth-order valence-electron chi connectivity index (χ4n) is 2.25. The monoisotopic (exact) mass is 308 g/mol. The molecule has 3 nitrogen and oxygen atoms in total. The SMILES string of the molecule is CN1CCCCC1COc1cc(Br)ccc1C#N. The zero-order chi connectivity index (χ0) is 13.0. The van der Waals surface area contributed by atoms with Crippen LogP contribution in [0.5, 0.6) is 5.75 Å². The molecule has 0 amide bonds. The lowest BCUT2D eigenvalue weighted by Gasteiger charge is -2.32. The first kappa shape index (κ1) is 13.4. The van der Waals surface area contributed by atoms with Gasteiger partial charge in [-0.05, 0) is 44.6 Å². The topological polar surface area (TPSA) is 36.3 Å². The van der Waals surface area contributed by atoms with Crippen LogP contribution in [-0.4, -0.2) is 31.1 Å². The maximum atomic E-state index is 9.04. The van der Waals surface area contributed by atoms with E-state index in [1.54, 1.807) is 6.07 Å². The molecule has 1 fully saturated rings. The van der Waals surface area contributed by atoms with Gasteiger partial charge in [0.1, 0.15) is 18.4 Å². The summed E-state index contributed by atoms with van der Waals surface area (Å²) in [4.78, 5) is 2.34. The van der Waals surface area contributed by atoms with Crippen LogP contribution in [0.4, 0.5) is 0 Å².